The summed E-state index contributed by atoms with van der Waals surface area (Å²) in [6.07, 6.45) is 5.59. The highest BCUT2D eigenvalue weighted by molar-refractivity contribution is 5.80. The molecular weight excluding hydrogens is 263 g/mol. The molecule has 106 valence electrons. The van der Waals surface area contributed by atoms with Crippen LogP contribution in [0.4, 0.5) is 9.18 Å². The Morgan fingerprint density at radius 2 is 2.00 bits per heavy atom. The van der Waals surface area contributed by atoms with E-state index in [4.69, 9.17) is 11.5 Å². The molecule has 0 saturated heterocycles. The molecule has 1 aromatic rings. The lowest BCUT2D eigenvalue weighted by atomic mass is 10.1. The van der Waals surface area contributed by atoms with E-state index in [1.165, 1.54) is 12.1 Å². The molecule has 0 aliphatic heterocycles. The Bertz CT molecular complexity index is 508. The van der Waals surface area contributed by atoms with E-state index >= 15 is 0 Å². The van der Waals surface area contributed by atoms with Crippen LogP contribution < -0.4 is 5.32 Å². The molecule has 2 N–H and O–H groups in total. The summed E-state index contributed by atoms with van der Waals surface area (Å²) in [4.78, 5) is 23.3. The van der Waals surface area contributed by atoms with Crippen molar-refractivity contribution in [2.75, 3.05) is 19.6 Å². The monoisotopic (exact) mass is 278 g/mol. The van der Waals surface area contributed by atoms with Crippen LogP contribution in [0, 0.1) is 18.2 Å². The number of terminal acetylenes is 1. The Morgan fingerprint density at radius 3 is 2.55 bits per heavy atom. The molecule has 0 heterocycles. The second-order valence-electron chi connectivity index (χ2n) is 4.06. The molecule has 0 spiro atoms. The topological polar surface area (TPSA) is 69.6 Å². The van der Waals surface area contributed by atoms with Crippen molar-refractivity contribution in [3.05, 3.63) is 35.6 Å². The van der Waals surface area contributed by atoms with Crippen LogP contribution in [-0.2, 0) is 11.2 Å². The van der Waals surface area contributed by atoms with Gasteiger partial charge in [0.05, 0.1) is 6.54 Å². The fraction of sp³-hybridized carbons (Fsp3) is 0.286. The Morgan fingerprint density at radius 1 is 1.35 bits per heavy atom. The summed E-state index contributed by atoms with van der Waals surface area (Å²) in [5.41, 5.74) is 0.869. The van der Waals surface area contributed by atoms with Crippen LogP contribution in [0.2, 0.25) is 0 Å². The number of halogens is 1. The number of urea groups is 1. The highest BCUT2D eigenvalue weighted by Crippen LogP contribution is 2.02. The van der Waals surface area contributed by atoms with E-state index in [1.807, 2.05) is 0 Å². The van der Waals surface area contributed by atoms with Crippen LogP contribution in [0.3, 0.4) is 0 Å². The lowest BCUT2D eigenvalue weighted by molar-refractivity contribution is -0.137. The van der Waals surface area contributed by atoms with Crippen LogP contribution in [0.1, 0.15) is 5.56 Å². The molecule has 0 aliphatic carbocycles. The van der Waals surface area contributed by atoms with Crippen LogP contribution in [0.25, 0.3) is 0 Å². The van der Waals surface area contributed by atoms with Gasteiger partial charge in [0, 0.05) is 6.54 Å². The summed E-state index contributed by atoms with van der Waals surface area (Å²) in [5, 5.41) is 11.2. The van der Waals surface area contributed by atoms with Crippen molar-refractivity contribution in [2.24, 2.45) is 0 Å². The van der Waals surface area contributed by atoms with Gasteiger partial charge in [-0.1, -0.05) is 18.1 Å². The number of rotatable bonds is 6. The first-order valence-electron chi connectivity index (χ1n) is 5.95. The van der Waals surface area contributed by atoms with Gasteiger partial charge < -0.3 is 15.3 Å². The van der Waals surface area contributed by atoms with E-state index in [9.17, 15) is 14.0 Å². The van der Waals surface area contributed by atoms with Crippen molar-refractivity contribution in [2.45, 2.75) is 6.42 Å². The van der Waals surface area contributed by atoms with Gasteiger partial charge in [0.25, 0.3) is 0 Å². The number of aliphatic carboxylic acids is 1. The fourth-order valence-corrected chi connectivity index (χ4v) is 1.55. The van der Waals surface area contributed by atoms with Crippen molar-refractivity contribution < 1.29 is 19.1 Å². The van der Waals surface area contributed by atoms with E-state index < -0.39 is 18.5 Å². The third-order valence-corrected chi connectivity index (χ3v) is 2.50. The first-order chi connectivity index (χ1) is 9.52. The maximum absolute atomic E-state index is 12.7. The Hall–Kier alpha value is -2.55. The Labute approximate surface area is 116 Å². The van der Waals surface area contributed by atoms with Crippen molar-refractivity contribution in [1.29, 1.82) is 0 Å². The molecule has 0 aromatic heterocycles. The minimum atomic E-state index is -1.13. The fourth-order valence-electron chi connectivity index (χ4n) is 1.55. The predicted molar refractivity (Wildman–Crippen MR) is 71.5 cm³/mol. The van der Waals surface area contributed by atoms with E-state index in [0.717, 1.165) is 10.5 Å². The van der Waals surface area contributed by atoms with Crippen LogP contribution in [-0.4, -0.2) is 41.6 Å². The highest BCUT2D eigenvalue weighted by Gasteiger charge is 2.14. The minimum absolute atomic E-state index is 0.0747. The smallest absolute Gasteiger partial charge is 0.323 e. The number of nitrogens with zero attached hydrogens (tertiary/aromatic N) is 1. The summed E-state index contributed by atoms with van der Waals surface area (Å²) in [7, 11) is 0. The molecule has 5 nitrogen and oxygen atoms in total. The molecule has 0 unspecified atom stereocenters. The maximum atomic E-state index is 12.7. The second-order valence-corrected chi connectivity index (χ2v) is 4.06. The van der Waals surface area contributed by atoms with Gasteiger partial charge in [-0.05, 0) is 24.1 Å². The molecule has 1 rings (SSSR count). The number of amides is 2. The number of nitrogens with one attached hydrogen (secondary N) is 1. The summed E-state index contributed by atoms with van der Waals surface area (Å²) in [6.45, 7) is -0.216. The summed E-state index contributed by atoms with van der Waals surface area (Å²) < 4.78 is 12.7. The molecular formula is C14H15FN2O3. The van der Waals surface area contributed by atoms with Gasteiger partial charge >= 0.3 is 12.0 Å². The van der Waals surface area contributed by atoms with Gasteiger partial charge in [-0.25, -0.2) is 9.18 Å². The summed E-state index contributed by atoms with van der Waals surface area (Å²) in [5.74, 6) is 0.778. The number of hydrogen-bond donors (Lipinski definition) is 2. The van der Waals surface area contributed by atoms with E-state index in [0.29, 0.717) is 13.0 Å². The zero-order valence-corrected chi connectivity index (χ0v) is 10.8. The van der Waals surface area contributed by atoms with Gasteiger partial charge in [-0.3, -0.25) is 4.79 Å². The third kappa shape index (κ3) is 5.40. The van der Waals surface area contributed by atoms with E-state index in [-0.39, 0.29) is 12.4 Å². The lowest BCUT2D eigenvalue weighted by Crippen LogP contribution is -2.43. The molecule has 0 saturated carbocycles. The number of carboxylic acids is 1. The van der Waals surface area contributed by atoms with Gasteiger partial charge in [0.1, 0.15) is 12.4 Å². The summed E-state index contributed by atoms with van der Waals surface area (Å²) >= 11 is 0. The summed E-state index contributed by atoms with van der Waals surface area (Å²) in [6, 6.07) is 5.39. The molecule has 1 aromatic carbocycles. The van der Waals surface area contributed by atoms with Crippen molar-refractivity contribution >= 4 is 12.0 Å². The molecule has 0 atom stereocenters. The van der Waals surface area contributed by atoms with Gasteiger partial charge in [0.15, 0.2) is 0 Å². The van der Waals surface area contributed by atoms with Gasteiger partial charge in [-0.15, -0.1) is 6.42 Å². The zero-order valence-electron chi connectivity index (χ0n) is 10.8. The molecule has 0 aliphatic rings. The number of hydrogen-bond acceptors (Lipinski definition) is 2. The van der Waals surface area contributed by atoms with Crippen LogP contribution >= 0.6 is 0 Å². The zero-order chi connectivity index (χ0) is 15.0. The Kier molecular flexibility index (Phi) is 6.04. The second kappa shape index (κ2) is 7.79. The molecule has 0 bridgehead atoms. The largest absolute Gasteiger partial charge is 0.480 e. The SMILES string of the molecule is C#CCN(CC(=O)O)C(=O)NCCc1ccc(F)cc1. The number of carboxylic acid groups (broad SMARTS) is 1. The molecule has 20 heavy (non-hydrogen) atoms. The van der Waals surface area contributed by atoms with Crippen molar-refractivity contribution in [1.82, 2.24) is 10.2 Å². The predicted octanol–water partition coefficient (Wildman–Crippen LogP) is 1.10. The number of carbonyl (C=O) groups excluding carboxylic acids is 1. The minimum Gasteiger partial charge on any atom is -0.480 e. The normalized spacial score (nSPS) is 9.60. The average Bonchev–Trinajstić information content (AvgIpc) is 2.40. The average molecular weight is 278 g/mol. The first-order valence-corrected chi connectivity index (χ1v) is 5.95. The number of benzene rings is 1. The lowest BCUT2D eigenvalue weighted by Gasteiger charge is -2.18. The van der Waals surface area contributed by atoms with E-state index in [2.05, 4.69) is 11.2 Å². The molecule has 0 radical (unpaired) electrons. The molecule has 6 heteroatoms. The van der Waals surface area contributed by atoms with Crippen molar-refractivity contribution in [3.8, 4) is 12.3 Å². The highest BCUT2D eigenvalue weighted by atomic mass is 19.1. The van der Waals surface area contributed by atoms with Crippen molar-refractivity contribution in [3.63, 3.8) is 0 Å². The van der Waals surface area contributed by atoms with Gasteiger partial charge in [0.2, 0.25) is 0 Å². The third-order valence-electron chi connectivity index (χ3n) is 2.50. The maximum Gasteiger partial charge on any atom is 0.323 e. The first kappa shape index (κ1) is 15.5. The van der Waals surface area contributed by atoms with E-state index in [1.54, 1.807) is 12.1 Å². The molecule has 0 fully saturated rings. The van der Waals surface area contributed by atoms with Crippen LogP contribution in [0.15, 0.2) is 24.3 Å². The van der Waals surface area contributed by atoms with Crippen LogP contribution in [0.5, 0.6) is 0 Å². The van der Waals surface area contributed by atoms with Gasteiger partial charge in [-0.2, -0.15) is 0 Å². The number of carbonyl (C=O) groups is 2. The molecule has 2 amide bonds. The Balaban J connectivity index is 2.42. The quantitative estimate of drug-likeness (QED) is 0.765. The standard InChI is InChI=1S/C14H15FN2O3/c1-2-9-17(10-13(18)19)14(20)16-8-7-11-3-5-12(15)6-4-11/h1,3-6H,7-10H2,(H,16,20)(H,18,19).